The van der Waals surface area contributed by atoms with Crippen LogP contribution in [0.1, 0.15) is 98.3 Å². The number of hydrogen-bond donors (Lipinski definition) is 0. The quantitative estimate of drug-likeness (QED) is 0.214. The van der Waals surface area contributed by atoms with Gasteiger partial charge in [-0.1, -0.05) is 31.9 Å². The van der Waals surface area contributed by atoms with Crippen LogP contribution in [0.2, 0.25) is 0 Å². The Labute approximate surface area is 154 Å². The molecule has 2 atom stereocenters. The van der Waals surface area contributed by atoms with Crippen LogP contribution in [0, 0.1) is 0 Å². The van der Waals surface area contributed by atoms with Crippen LogP contribution >= 0.6 is 0 Å². The summed E-state index contributed by atoms with van der Waals surface area (Å²) in [6, 6.07) is 0. The zero-order valence-corrected chi connectivity index (χ0v) is 16.7. The minimum absolute atomic E-state index is 0.0385. The summed E-state index contributed by atoms with van der Waals surface area (Å²) < 4.78 is 10.4. The molecule has 0 spiro atoms. The number of unbranched alkanes of at least 4 members (excludes halogenated alkanes) is 5. The molecule has 4 heteroatoms. The van der Waals surface area contributed by atoms with Gasteiger partial charge in [-0.3, -0.25) is 9.59 Å². The minimum atomic E-state index is -0.190. The van der Waals surface area contributed by atoms with Crippen molar-refractivity contribution < 1.29 is 19.1 Å². The van der Waals surface area contributed by atoms with E-state index < -0.39 is 0 Å². The number of rotatable bonds is 15. The second-order valence-corrected chi connectivity index (χ2v) is 6.83. The third-order valence-electron chi connectivity index (χ3n) is 4.11. The summed E-state index contributed by atoms with van der Waals surface area (Å²) in [5, 5.41) is 0. The van der Waals surface area contributed by atoms with Gasteiger partial charge in [0.05, 0.1) is 6.10 Å². The Morgan fingerprint density at radius 3 is 1.92 bits per heavy atom. The Balaban J connectivity index is 3.51. The first kappa shape index (κ1) is 23.7. The molecule has 0 fully saturated rings. The van der Waals surface area contributed by atoms with Crippen molar-refractivity contribution in [3.05, 3.63) is 12.2 Å². The maximum atomic E-state index is 11.0. The SMILES string of the molecule is CCC[C@H](CCCC/C=C\CCCCC[C@H](C)OC(C)=O)OC(C)=O. The number of allylic oxidation sites excluding steroid dienone is 2. The highest BCUT2D eigenvalue weighted by Crippen LogP contribution is 2.13. The summed E-state index contributed by atoms with van der Waals surface area (Å²) in [5.74, 6) is -0.357. The van der Waals surface area contributed by atoms with Crippen molar-refractivity contribution in [2.45, 2.75) is 111 Å². The zero-order valence-electron chi connectivity index (χ0n) is 16.7. The molecule has 4 nitrogen and oxygen atoms in total. The lowest BCUT2D eigenvalue weighted by molar-refractivity contribution is -0.147. The van der Waals surface area contributed by atoms with E-state index in [0.29, 0.717) is 0 Å². The Morgan fingerprint density at radius 2 is 1.36 bits per heavy atom. The van der Waals surface area contributed by atoms with Crippen molar-refractivity contribution in [2.24, 2.45) is 0 Å². The van der Waals surface area contributed by atoms with Gasteiger partial charge in [0, 0.05) is 13.8 Å². The largest absolute Gasteiger partial charge is 0.463 e. The second kappa shape index (κ2) is 16.2. The van der Waals surface area contributed by atoms with Crippen LogP contribution in [0.25, 0.3) is 0 Å². The molecule has 0 aromatic carbocycles. The molecule has 0 saturated carbocycles. The second-order valence-electron chi connectivity index (χ2n) is 6.83. The third kappa shape index (κ3) is 17.3. The average molecular weight is 355 g/mol. The van der Waals surface area contributed by atoms with E-state index in [1.807, 2.05) is 6.92 Å². The Kier molecular flexibility index (Phi) is 15.3. The van der Waals surface area contributed by atoms with Crippen LogP contribution in [-0.2, 0) is 19.1 Å². The fourth-order valence-corrected chi connectivity index (χ4v) is 2.90. The molecule has 0 aliphatic carbocycles. The predicted molar refractivity (Wildman–Crippen MR) is 102 cm³/mol. The molecule has 0 heterocycles. The van der Waals surface area contributed by atoms with E-state index in [2.05, 4.69) is 19.1 Å². The average Bonchev–Trinajstić information content (AvgIpc) is 2.51. The highest BCUT2D eigenvalue weighted by Gasteiger charge is 2.10. The molecule has 0 radical (unpaired) electrons. The van der Waals surface area contributed by atoms with E-state index in [1.54, 1.807) is 0 Å². The maximum Gasteiger partial charge on any atom is 0.302 e. The van der Waals surface area contributed by atoms with Gasteiger partial charge in [-0.15, -0.1) is 0 Å². The molecule has 0 rings (SSSR count). The molecule has 0 aromatic heterocycles. The first-order chi connectivity index (χ1) is 12.0. The molecule has 0 saturated heterocycles. The van der Waals surface area contributed by atoms with Crippen LogP contribution in [0.15, 0.2) is 12.2 Å². The summed E-state index contributed by atoms with van der Waals surface area (Å²) in [6.07, 6.45) is 16.6. The van der Waals surface area contributed by atoms with Crippen molar-refractivity contribution in [3.63, 3.8) is 0 Å². The Bertz CT molecular complexity index is 376. The molecular formula is C21H38O4. The van der Waals surface area contributed by atoms with Gasteiger partial charge >= 0.3 is 11.9 Å². The van der Waals surface area contributed by atoms with E-state index in [4.69, 9.17) is 9.47 Å². The molecule has 0 aliphatic heterocycles. The monoisotopic (exact) mass is 354 g/mol. The highest BCUT2D eigenvalue weighted by atomic mass is 16.5. The summed E-state index contributed by atoms with van der Waals surface area (Å²) in [5.41, 5.74) is 0. The fraction of sp³-hybridized carbons (Fsp3) is 0.810. The standard InChI is InChI=1S/C21H38O4/c1-5-15-21(25-20(4)23)17-14-12-10-8-6-7-9-11-13-16-18(2)24-19(3)22/h6,8,18,21H,5,7,9-17H2,1-4H3/b8-6-/t18-,21+/m0/s1. The van der Waals surface area contributed by atoms with Crippen molar-refractivity contribution in [1.82, 2.24) is 0 Å². The maximum absolute atomic E-state index is 11.0. The van der Waals surface area contributed by atoms with Gasteiger partial charge in [0.2, 0.25) is 0 Å². The smallest absolute Gasteiger partial charge is 0.302 e. The topological polar surface area (TPSA) is 52.6 Å². The fourth-order valence-electron chi connectivity index (χ4n) is 2.90. The first-order valence-corrected chi connectivity index (χ1v) is 9.95. The van der Waals surface area contributed by atoms with Crippen LogP contribution in [0.5, 0.6) is 0 Å². The number of carbonyl (C=O) groups excluding carboxylic acids is 2. The van der Waals surface area contributed by atoms with Gasteiger partial charge < -0.3 is 9.47 Å². The molecule has 0 unspecified atom stereocenters. The molecule has 0 bridgehead atoms. The molecule has 25 heavy (non-hydrogen) atoms. The van der Waals surface area contributed by atoms with Gasteiger partial charge in [-0.25, -0.2) is 0 Å². The molecular weight excluding hydrogens is 316 g/mol. The van der Waals surface area contributed by atoms with E-state index in [1.165, 1.54) is 26.7 Å². The summed E-state index contributed by atoms with van der Waals surface area (Å²) in [7, 11) is 0. The number of ether oxygens (including phenoxy) is 2. The van der Waals surface area contributed by atoms with Gasteiger partial charge in [-0.05, 0) is 64.7 Å². The minimum Gasteiger partial charge on any atom is -0.463 e. The first-order valence-electron chi connectivity index (χ1n) is 9.95. The Morgan fingerprint density at radius 1 is 0.800 bits per heavy atom. The third-order valence-corrected chi connectivity index (χ3v) is 4.11. The van der Waals surface area contributed by atoms with E-state index in [9.17, 15) is 9.59 Å². The van der Waals surface area contributed by atoms with Gasteiger partial charge in [0.25, 0.3) is 0 Å². The van der Waals surface area contributed by atoms with Crippen molar-refractivity contribution in [3.8, 4) is 0 Å². The molecule has 0 amide bonds. The van der Waals surface area contributed by atoms with Crippen LogP contribution in [0.3, 0.4) is 0 Å². The van der Waals surface area contributed by atoms with Gasteiger partial charge in [0.15, 0.2) is 0 Å². The van der Waals surface area contributed by atoms with E-state index in [-0.39, 0.29) is 24.1 Å². The normalized spacial score (nSPS) is 13.6. The summed E-state index contributed by atoms with van der Waals surface area (Å²) >= 11 is 0. The van der Waals surface area contributed by atoms with E-state index >= 15 is 0 Å². The lowest BCUT2D eigenvalue weighted by Crippen LogP contribution is -2.15. The van der Waals surface area contributed by atoms with Crippen LogP contribution in [0.4, 0.5) is 0 Å². The van der Waals surface area contributed by atoms with Crippen LogP contribution < -0.4 is 0 Å². The van der Waals surface area contributed by atoms with Gasteiger partial charge in [-0.2, -0.15) is 0 Å². The Hall–Kier alpha value is -1.32. The van der Waals surface area contributed by atoms with Crippen LogP contribution in [-0.4, -0.2) is 24.1 Å². The number of hydrogen-bond acceptors (Lipinski definition) is 4. The van der Waals surface area contributed by atoms with E-state index in [0.717, 1.165) is 57.8 Å². The number of esters is 2. The molecule has 0 N–H and O–H groups in total. The summed E-state index contributed by atoms with van der Waals surface area (Å²) in [4.78, 5) is 21.8. The molecule has 0 aromatic rings. The van der Waals surface area contributed by atoms with Crippen molar-refractivity contribution in [2.75, 3.05) is 0 Å². The number of carbonyl (C=O) groups is 2. The lowest BCUT2D eigenvalue weighted by atomic mass is 10.1. The van der Waals surface area contributed by atoms with Gasteiger partial charge in [0.1, 0.15) is 6.10 Å². The van der Waals surface area contributed by atoms with Crippen molar-refractivity contribution in [1.29, 1.82) is 0 Å². The zero-order chi connectivity index (χ0) is 18.9. The highest BCUT2D eigenvalue weighted by molar-refractivity contribution is 5.66. The lowest BCUT2D eigenvalue weighted by Gasteiger charge is -2.15. The van der Waals surface area contributed by atoms with Crippen molar-refractivity contribution >= 4 is 11.9 Å². The molecule has 146 valence electrons. The molecule has 0 aliphatic rings. The summed E-state index contributed by atoms with van der Waals surface area (Å²) in [6.45, 7) is 7.02. The predicted octanol–water partition coefficient (Wildman–Crippen LogP) is 5.74.